The second-order valence-corrected chi connectivity index (χ2v) is 6.34. The third kappa shape index (κ3) is 7.39. The number of ether oxygens (including phenoxy) is 3. The van der Waals surface area contributed by atoms with E-state index in [4.69, 9.17) is 26.4 Å². The number of halogens is 3. The van der Waals surface area contributed by atoms with Gasteiger partial charge in [-0.05, 0) is 55.9 Å². The number of carbonyl (C=O) groups excluding carboxylic acids is 1. The molecule has 0 aliphatic carbocycles. The van der Waals surface area contributed by atoms with Crippen molar-refractivity contribution >= 4 is 23.3 Å². The number of thiocarbonyl (C=S) groups is 1. The molecule has 7 nitrogen and oxygen atoms in total. The molecule has 0 saturated carbocycles. The molecule has 0 fully saturated rings. The van der Waals surface area contributed by atoms with E-state index in [1.807, 2.05) is 6.92 Å². The summed E-state index contributed by atoms with van der Waals surface area (Å²) in [6.07, 6.45) is -3.82. The van der Waals surface area contributed by atoms with Gasteiger partial charge in [0.1, 0.15) is 11.5 Å². The fourth-order valence-corrected chi connectivity index (χ4v) is 2.15. The molecule has 0 radical (unpaired) electrons. The summed E-state index contributed by atoms with van der Waals surface area (Å²) in [6.45, 7) is 3.90. The highest BCUT2D eigenvalue weighted by Gasteiger charge is 2.30. The average Bonchev–Trinajstić information content (AvgIpc) is 2.71. The van der Waals surface area contributed by atoms with Gasteiger partial charge in [0.05, 0.1) is 12.2 Å². The highest BCUT2D eigenvalue weighted by atomic mass is 32.1. The average molecular weight is 443 g/mol. The van der Waals surface area contributed by atoms with Crippen molar-refractivity contribution in [2.45, 2.75) is 32.5 Å². The summed E-state index contributed by atoms with van der Waals surface area (Å²) in [5.41, 5.74) is 3.98. The molecule has 1 aromatic carbocycles. The summed E-state index contributed by atoms with van der Waals surface area (Å²) in [5, 5.41) is 0.0516. The van der Waals surface area contributed by atoms with Crippen LogP contribution in [0.5, 0.6) is 17.4 Å². The van der Waals surface area contributed by atoms with Crippen LogP contribution in [0.2, 0.25) is 0 Å². The first-order chi connectivity index (χ1) is 14.2. The summed E-state index contributed by atoms with van der Waals surface area (Å²) in [6, 6.07) is 8.17. The summed E-state index contributed by atoms with van der Waals surface area (Å²) < 4.78 is 53.7. The maximum absolute atomic E-state index is 12.5. The van der Waals surface area contributed by atoms with E-state index in [0.717, 1.165) is 18.6 Å². The minimum atomic E-state index is -4.46. The molecule has 1 amide bonds. The van der Waals surface area contributed by atoms with Crippen molar-refractivity contribution in [3.63, 3.8) is 0 Å². The van der Waals surface area contributed by atoms with E-state index in [2.05, 4.69) is 15.8 Å². The molecule has 1 atom stereocenters. The van der Waals surface area contributed by atoms with Gasteiger partial charge < -0.3 is 14.2 Å². The standard InChI is InChI=1S/C19H20F3N3O4S/c1-3-10-27-18(30)25-24-17(26)12(2)28-14-5-7-15(8-6-14)29-16-9-4-13(11-23-16)19(20,21)22/h4-9,11-12H,3,10H2,1-2H3,(H,24,26)(H,25,30)/t12-/m1/s1. The minimum Gasteiger partial charge on any atom is -0.481 e. The number of carbonyl (C=O) groups is 1. The van der Waals surface area contributed by atoms with Gasteiger partial charge in [-0.25, -0.2) is 4.98 Å². The second kappa shape index (κ2) is 10.6. The number of aromatic nitrogens is 1. The van der Waals surface area contributed by atoms with Crippen molar-refractivity contribution < 1.29 is 32.2 Å². The third-order valence-electron chi connectivity index (χ3n) is 3.52. The van der Waals surface area contributed by atoms with Gasteiger partial charge in [-0.2, -0.15) is 13.2 Å². The molecule has 2 rings (SSSR count). The quantitative estimate of drug-likeness (QED) is 0.495. The fourth-order valence-electron chi connectivity index (χ4n) is 2.02. The molecule has 30 heavy (non-hydrogen) atoms. The molecule has 11 heteroatoms. The molecule has 2 aromatic rings. The first-order valence-corrected chi connectivity index (χ1v) is 9.30. The van der Waals surface area contributed by atoms with Crippen molar-refractivity contribution in [3.05, 3.63) is 48.2 Å². The first kappa shape index (κ1) is 23.2. The maximum atomic E-state index is 12.5. The minimum absolute atomic E-state index is 0.0109. The van der Waals surface area contributed by atoms with Crippen LogP contribution >= 0.6 is 12.2 Å². The summed E-state index contributed by atoms with van der Waals surface area (Å²) in [5.74, 6) is 0.269. The monoisotopic (exact) mass is 443 g/mol. The van der Waals surface area contributed by atoms with Gasteiger partial charge in [-0.3, -0.25) is 15.6 Å². The number of nitrogens with zero attached hydrogens (tertiary/aromatic N) is 1. The van der Waals surface area contributed by atoms with Crippen LogP contribution in [-0.2, 0) is 15.7 Å². The molecule has 0 bridgehead atoms. The lowest BCUT2D eigenvalue weighted by molar-refractivity contribution is -0.137. The molecular weight excluding hydrogens is 423 g/mol. The number of amides is 1. The zero-order valence-electron chi connectivity index (χ0n) is 16.2. The summed E-state index contributed by atoms with van der Waals surface area (Å²) in [7, 11) is 0. The Hall–Kier alpha value is -3.08. The SMILES string of the molecule is CCCOC(=S)NNC(=O)[C@@H](C)Oc1ccc(Oc2ccc(C(F)(F)F)cn2)cc1. The van der Waals surface area contributed by atoms with Crippen LogP contribution in [-0.4, -0.2) is 28.8 Å². The van der Waals surface area contributed by atoms with Crippen LogP contribution in [0, 0.1) is 0 Å². The second-order valence-electron chi connectivity index (χ2n) is 5.97. The number of nitrogens with one attached hydrogen (secondary N) is 2. The number of alkyl halides is 3. The van der Waals surface area contributed by atoms with Crippen LogP contribution in [0.1, 0.15) is 25.8 Å². The van der Waals surface area contributed by atoms with E-state index in [0.29, 0.717) is 24.3 Å². The Morgan fingerprint density at radius 3 is 2.37 bits per heavy atom. The number of hydrogen-bond donors (Lipinski definition) is 2. The molecule has 0 aliphatic rings. The maximum Gasteiger partial charge on any atom is 0.417 e. The lowest BCUT2D eigenvalue weighted by Gasteiger charge is -2.16. The largest absolute Gasteiger partial charge is 0.481 e. The van der Waals surface area contributed by atoms with Crippen LogP contribution in [0.4, 0.5) is 13.2 Å². The van der Waals surface area contributed by atoms with E-state index in [9.17, 15) is 18.0 Å². The Morgan fingerprint density at radius 2 is 1.80 bits per heavy atom. The Balaban J connectivity index is 1.85. The number of pyridine rings is 1. The first-order valence-electron chi connectivity index (χ1n) is 8.89. The molecular formula is C19H20F3N3O4S. The van der Waals surface area contributed by atoms with Gasteiger partial charge in [0.2, 0.25) is 5.88 Å². The van der Waals surface area contributed by atoms with Gasteiger partial charge in [0.15, 0.2) is 6.10 Å². The zero-order chi connectivity index (χ0) is 22.1. The van der Waals surface area contributed by atoms with Crippen LogP contribution < -0.4 is 20.3 Å². The van der Waals surface area contributed by atoms with Gasteiger partial charge in [0, 0.05) is 12.3 Å². The van der Waals surface area contributed by atoms with Gasteiger partial charge >= 0.3 is 6.18 Å². The summed E-state index contributed by atoms with van der Waals surface area (Å²) >= 11 is 4.88. The van der Waals surface area contributed by atoms with E-state index in [1.165, 1.54) is 12.1 Å². The zero-order valence-corrected chi connectivity index (χ0v) is 17.0. The number of benzene rings is 1. The number of hydrogen-bond acceptors (Lipinski definition) is 6. The Bertz CT molecular complexity index is 846. The van der Waals surface area contributed by atoms with Crippen molar-refractivity contribution in [1.29, 1.82) is 0 Å². The fraction of sp³-hybridized carbons (Fsp3) is 0.316. The highest BCUT2D eigenvalue weighted by Crippen LogP contribution is 2.30. The van der Waals surface area contributed by atoms with Crippen molar-refractivity contribution in [3.8, 4) is 17.4 Å². The third-order valence-corrected chi connectivity index (χ3v) is 3.74. The van der Waals surface area contributed by atoms with Crippen molar-refractivity contribution in [2.75, 3.05) is 6.61 Å². The van der Waals surface area contributed by atoms with Crippen LogP contribution in [0.25, 0.3) is 0 Å². The van der Waals surface area contributed by atoms with E-state index >= 15 is 0 Å². The van der Waals surface area contributed by atoms with E-state index in [1.54, 1.807) is 19.1 Å². The molecule has 0 unspecified atom stereocenters. The predicted molar refractivity (Wildman–Crippen MR) is 106 cm³/mol. The normalized spacial score (nSPS) is 11.9. The van der Waals surface area contributed by atoms with Gasteiger partial charge in [-0.15, -0.1) is 0 Å². The lowest BCUT2D eigenvalue weighted by Crippen LogP contribution is -2.47. The van der Waals surface area contributed by atoms with E-state index < -0.39 is 23.8 Å². The van der Waals surface area contributed by atoms with Crippen LogP contribution in [0.15, 0.2) is 42.6 Å². The molecule has 1 heterocycles. The Kier molecular flexibility index (Phi) is 8.22. The Morgan fingerprint density at radius 1 is 1.13 bits per heavy atom. The number of rotatable bonds is 7. The molecule has 162 valence electrons. The molecule has 0 saturated heterocycles. The Labute approximate surface area is 176 Å². The smallest absolute Gasteiger partial charge is 0.417 e. The lowest BCUT2D eigenvalue weighted by atomic mass is 10.3. The molecule has 2 N–H and O–H groups in total. The number of hydrazine groups is 1. The highest BCUT2D eigenvalue weighted by molar-refractivity contribution is 7.80. The molecule has 1 aromatic heterocycles. The van der Waals surface area contributed by atoms with Crippen molar-refractivity contribution in [2.24, 2.45) is 0 Å². The van der Waals surface area contributed by atoms with Gasteiger partial charge in [-0.1, -0.05) is 6.92 Å². The topological polar surface area (TPSA) is 81.7 Å². The molecule has 0 aliphatic heterocycles. The van der Waals surface area contributed by atoms with Gasteiger partial charge in [0.25, 0.3) is 11.1 Å². The molecule has 0 spiro atoms. The van der Waals surface area contributed by atoms with Crippen molar-refractivity contribution in [1.82, 2.24) is 15.8 Å². The predicted octanol–water partition coefficient (Wildman–Crippen LogP) is 3.99. The van der Waals surface area contributed by atoms with Crippen LogP contribution in [0.3, 0.4) is 0 Å². The summed E-state index contributed by atoms with van der Waals surface area (Å²) in [4.78, 5) is 15.6. The van der Waals surface area contributed by atoms with E-state index in [-0.39, 0.29) is 11.1 Å².